The third kappa shape index (κ3) is 6.76. The molecule has 1 saturated carbocycles. The normalized spacial score (nSPS) is 21.0. The molecule has 2 amide bonds. The highest BCUT2D eigenvalue weighted by Crippen LogP contribution is 2.53. The molecule has 3 aromatic carbocycles. The number of nitrogens with one attached hydrogen (secondary N) is 2. The zero-order valence-corrected chi connectivity index (χ0v) is 33.2. The van der Waals surface area contributed by atoms with Crippen molar-refractivity contribution in [3.8, 4) is 22.3 Å². The summed E-state index contributed by atoms with van der Waals surface area (Å²) in [6, 6.07) is 17.6. The summed E-state index contributed by atoms with van der Waals surface area (Å²) in [5.41, 5.74) is 10.9. The van der Waals surface area contributed by atoms with Crippen LogP contribution in [-0.4, -0.2) is 66.2 Å². The number of fused-ring (bicyclic) bond motifs is 3. The highest BCUT2D eigenvalue weighted by Gasteiger charge is 2.42. The van der Waals surface area contributed by atoms with Crippen molar-refractivity contribution in [2.45, 2.75) is 129 Å². The molecule has 0 unspecified atom stereocenters. The molecule has 3 fully saturated rings. The average molecular weight is 743 g/mol. The van der Waals surface area contributed by atoms with E-state index in [4.69, 9.17) is 19.4 Å². The van der Waals surface area contributed by atoms with Gasteiger partial charge in [0.15, 0.2) is 0 Å². The minimum absolute atomic E-state index is 0.123. The minimum atomic E-state index is -0.544. The van der Waals surface area contributed by atoms with E-state index in [0.29, 0.717) is 18.5 Å². The fourth-order valence-corrected chi connectivity index (χ4v) is 9.82. The van der Waals surface area contributed by atoms with E-state index in [1.807, 2.05) is 51.3 Å². The van der Waals surface area contributed by atoms with E-state index in [0.717, 1.165) is 72.2 Å². The molecule has 2 aromatic heterocycles. The summed E-state index contributed by atoms with van der Waals surface area (Å²) in [4.78, 5) is 47.0. The van der Waals surface area contributed by atoms with Crippen molar-refractivity contribution in [1.82, 2.24) is 29.7 Å². The fourth-order valence-electron chi connectivity index (χ4n) is 9.82. The Labute approximate surface area is 323 Å². The number of nitrogens with zero attached hydrogens (tertiary/aromatic N) is 4. The number of ether oxygens (including phenoxy) is 2. The van der Waals surface area contributed by atoms with Crippen LogP contribution in [-0.2, 0) is 22.3 Å². The summed E-state index contributed by atoms with van der Waals surface area (Å²) in [5, 5.41) is 0. The number of rotatable bonds is 4. The second-order valence-corrected chi connectivity index (χ2v) is 18.5. The van der Waals surface area contributed by atoms with E-state index in [9.17, 15) is 9.59 Å². The number of aromatic nitrogens is 4. The van der Waals surface area contributed by atoms with Crippen LogP contribution in [0.1, 0.15) is 128 Å². The predicted molar refractivity (Wildman–Crippen MR) is 215 cm³/mol. The molecule has 2 saturated heterocycles. The molecule has 55 heavy (non-hydrogen) atoms. The lowest BCUT2D eigenvalue weighted by atomic mass is 9.82. The van der Waals surface area contributed by atoms with Gasteiger partial charge in [-0.2, -0.15) is 0 Å². The molecular formula is C45H54N6O4. The molecule has 0 bridgehead atoms. The van der Waals surface area contributed by atoms with Gasteiger partial charge in [-0.05, 0) is 156 Å². The number of benzene rings is 3. The maximum absolute atomic E-state index is 13.1. The van der Waals surface area contributed by atoms with Gasteiger partial charge in [0, 0.05) is 13.1 Å². The lowest BCUT2D eigenvalue weighted by Crippen LogP contribution is -2.36. The maximum Gasteiger partial charge on any atom is 0.410 e. The molecule has 5 aromatic rings. The molecule has 288 valence electrons. The number of carbonyl (C=O) groups is 2. The smallest absolute Gasteiger partial charge is 0.410 e. The largest absolute Gasteiger partial charge is 0.444 e. The van der Waals surface area contributed by atoms with Crippen molar-refractivity contribution in [3.05, 3.63) is 71.3 Å². The number of carbonyl (C=O) groups excluding carboxylic acids is 2. The Morgan fingerprint density at radius 3 is 1.51 bits per heavy atom. The van der Waals surface area contributed by atoms with Gasteiger partial charge in [0.25, 0.3) is 0 Å². The summed E-state index contributed by atoms with van der Waals surface area (Å²) in [6.07, 6.45) is 10.4. The molecule has 4 aliphatic rings. The van der Waals surface area contributed by atoms with Gasteiger partial charge in [-0.15, -0.1) is 0 Å². The van der Waals surface area contributed by atoms with Crippen molar-refractivity contribution in [3.63, 3.8) is 0 Å². The van der Waals surface area contributed by atoms with Gasteiger partial charge in [0.1, 0.15) is 22.9 Å². The third-order valence-corrected chi connectivity index (χ3v) is 12.2. The summed E-state index contributed by atoms with van der Waals surface area (Å²) in [6.45, 7) is 12.8. The van der Waals surface area contributed by atoms with E-state index in [1.165, 1.54) is 59.1 Å². The number of H-pyrrole nitrogens is 2. The van der Waals surface area contributed by atoms with Crippen LogP contribution in [0.15, 0.2) is 48.5 Å². The van der Waals surface area contributed by atoms with Gasteiger partial charge in [0.05, 0.1) is 34.2 Å². The first-order valence-corrected chi connectivity index (χ1v) is 20.4. The van der Waals surface area contributed by atoms with Crippen LogP contribution in [0.3, 0.4) is 0 Å². The summed E-state index contributed by atoms with van der Waals surface area (Å²) >= 11 is 0. The minimum Gasteiger partial charge on any atom is -0.444 e. The molecule has 2 aliphatic heterocycles. The molecule has 4 heterocycles. The first kappa shape index (κ1) is 35.8. The Kier molecular flexibility index (Phi) is 8.55. The topological polar surface area (TPSA) is 116 Å². The predicted octanol–water partition coefficient (Wildman–Crippen LogP) is 10.6. The number of aromatic amines is 2. The van der Waals surface area contributed by atoms with Crippen molar-refractivity contribution in [2.24, 2.45) is 5.41 Å². The molecule has 10 heteroatoms. The van der Waals surface area contributed by atoms with Gasteiger partial charge < -0.3 is 19.4 Å². The molecule has 10 nitrogen and oxygen atoms in total. The number of imidazole rings is 2. The van der Waals surface area contributed by atoms with Crippen LogP contribution in [0.25, 0.3) is 44.3 Å². The summed E-state index contributed by atoms with van der Waals surface area (Å²) < 4.78 is 11.5. The van der Waals surface area contributed by atoms with Crippen molar-refractivity contribution in [1.29, 1.82) is 0 Å². The fraction of sp³-hybridized carbons (Fsp3) is 0.511. The molecule has 2 N–H and O–H groups in total. The average Bonchev–Trinajstić information content (AvgIpc) is 3.97. The van der Waals surface area contributed by atoms with Crippen molar-refractivity contribution < 1.29 is 19.1 Å². The Morgan fingerprint density at radius 2 is 1.09 bits per heavy atom. The first-order valence-electron chi connectivity index (χ1n) is 20.4. The van der Waals surface area contributed by atoms with Crippen LogP contribution < -0.4 is 0 Å². The van der Waals surface area contributed by atoms with Gasteiger partial charge in [-0.1, -0.05) is 37.1 Å². The Morgan fingerprint density at radius 1 is 0.655 bits per heavy atom. The SMILES string of the molecule is CC(C)(C)OC(=O)N1CCC[C@H]1c1nc2ccc(-c3ccc(-c4ccc5nc([C@@H]6CCCN6C(=O)OC(C)(C)C)[nH]c5c4)c4c3CC3(CCCC3)C4)cc2[nH]1. The molecule has 1 spiro atoms. The Hall–Kier alpha value is -4.86. The Bertz CT molecular complexity index is 2150. The molecule has 0 radical (unpaired) electrons. The zero-order chi connectivity index (χ0) is 38.3. The second-order valence-electron chi connectivity index (χ2n) is 18.5. The number of hydrogen-bond acceptors (Lipinski definition) is 6. The second kappa shape index (κ2) is 13.1. The molecule has 9 rings (SSSR count). The number of likely N-dealkylation sites (tertiary alicyclic amines) is 2. The van der Waals surface area contributed by atoms with Crippen LogP contribution in [0.5, 0.6) is 0 Å². The first-order chi connectivity index (χ1) is 26.2. The lowest BCUT2D eigenvalue weighted by molar-refractivity contribution is 0.0208. The van der Waals surface area contributed by atoms with Gasteiger partial charge in [-0.25, -0.2) is 19.6 Å². The number of hydrogen-bond donors (Lipinski definition) is 2. The quantitative estimate of drug-likeness (QED) is 0.189. The lowest BCUT2D eigenvalue weighted by Gasteiger charge is -2.27. The van der Waals surface area contributed by atoms with Crippen LogP contribution in [0, 0.1) is 5.41 Å². The van der Waals surface area contributed by atoms with Crippen molar-refractivity contribution in [2.75, 3.05) is 13.1 Å². The molecule has 2 aliphatic carbocycles. The van der Waals surface area contributed by atoms with Gasteiger partial charge in [-0.3, -0.25) is 9.80 Å². The van der Waals surface area contributed by atoms with Crippen molar-refractivity contribution >= 4 is 34.3 Å². The summed E-state index contributed by atoms with van der Waals surface area (Å²) in [5.74, 6) is 1.65. The van der Waals surface area contributed by atoms with Crippen LogP contribution in [0.4, 0.5) is 9.59 Å². The highest BCUT2D eigenvalue weighted by molar-refractivity contribution is 5.88. The molecule has 2 atom stereocenters. The van der Waals surface area contributed by atoms with E-state index in [-0.39, 0.29) is 24.3 Å². The van der Waals surface area contributed by atoms with Crippen LogP contribution in [0.2, 0.25) is 0 Å². The monoisotopic (exact) mass is 742 g/mol. The van der Waals surface area contributed by atoms with E-state index in [2.05, 4.69) is 58.5 Å². The van der Waals surface area contributed by atoms with E-state index < -0.39 is 11.2 Å². The molecular weight excluding hydrogens is 689 g/mol. The third-order valence-electron chi connectivity index (χ3n) is 12.2. The van der Waals surface area contributed by atoms with Gasteiger partial charge >= 0.3 is 12.2 Å². The number of amides is 2. The van der Waals surface area contributed by atoms with E-state index in [1.54, 1.807) is 0 Å². The maximum atomic E-state index is 13.1. The highest BCUT2D eigenvalue weighted by atomic mass is 16.6. The van der Waals surface area contributed by atoms with Gasteiger partial charge in [0.2, 0.25) is 0 Å². The zero-order valence-electron chi connectivity index (χ0n) is 33.2. The van der Waals surface area contributed by atoms with E-state index >= 15 is 0 Å². The Balaban J connectivity index is 1.04. The van der Waals surface area contributed by atoms with Crippen LogP contribution >= 0.6 is 0 Å². The standard InChI is InChI=1S/C45H54N6O4/c1-43(2,3)54-41(52)50-21-9-11-37(50)39-46-33-17-13-27(23-35(33)48-39)29-15-16-30(32-26-45(25-31(29)32)19-7-8-20-45)28-14-18-34-36(24-28)49-40(47-34)38-12-10-22-51(38)42(53)55-44(4,5)6/h13-18,23-24,37-38H,7-12,19-22,25-26H2,1-6H3,(H,46,48)(H,47,49)/t37-,38-/m0/s1. The summed E-state index contributed by atoms with van der Waals surface area (Å²) in [7, 11) is 0.